The fraction of sp³-hybridized carbons (Fsp3) is 0.545. The van der Waals surface area contributed by atoms with E-state index >= 15 is 0 Å². The Kier molecular flexibility index (Phi) is 4.60. The zero-order valence-electron chi connectivity index (χ0n) is 9.72. The van der Waals surface area contributed by atoms with Gasteiger partial charge in [0, 0.05) is 5.38 Å². The van der Waals surface area contributed by atoms with Crippen LogP contribution in [0.4, 0.5) is 5.13 Å². The van der Waals surface area contributed by atoms with E-state index in [-0.39, 0.29) is 17.6 Å². The number of nitrogens with zero attached hydrogens (tertiary/aromatic N) is 1. The lowest BCUT2D eigenvalue weighted by atomic mass is 10.2. The van der Waals surface area contributed by atoms with Gasteiger partial charge in [0.15, 0.2) is 5.13 Å². The second-order valence-electron chi connectivity index (χ2n) is 4.06. The number of aromatic nitrogens is 1. The summed E-state index contributed by atoms with van der Waals surface area (Å²) in [7, 11) is 0. The quantitative estimate of drug-likeness (QED) is 0.885. The molecule has 0 aromatic carbocycles. The number of carboxylic acid groups (broad SMARTS) is 1. The average Bonchev–Trinajstić information content (AvgIpc) is 2.76. The van der Waals surface area contributed by atoms with Gasteiger partial charge in [-0.2, -0.15) is 0 Å². The van der Waals surface area contributed by atoms with Crippen LogP contribution in [0, 0.1) is 0 Å². The van der Waals surface area contributed by atoms with Gasteiger partial charge in [-0.3, -0.25) is 9.59 Å². The highest BCUT2D eigenvalue weighted by Crippen LogP contribution is 2.26. The average molecular weight is 286 g/mol. The number of carbonyl (C=O) groups is 2. The van der Waals surface area contributed by atoms with Crippen molar-refractivity contribution in [2.24, 2.45) is 0 Å². The van der Waals surface area contributed by atoms with E-state index in [4.69, 9.17) is 5.11 Å². The van der Waals surface area contributed by atoms with Crippen LogP contribution in [-0.4, -0.2) is 33.0 Å². The third kappa shape index (κ3) is 3.71. The Balaban J connectivity index is 1.90. The van der Waals surface area contributed by atoms with Crippen molar-refractivity contribution in [3.05, 3.63) is 11.1 Å². The Morgan fingerprint density at radius 3 is 3.00 bits per heavy atom. The van der Waals surface area contributed by atoms with E-state index in [1.165, 1.54) is 17.8 Å². The highest BCUT2D eigenvalue weighted by molar-refractivity contribution is 8.00. The molecule has 0 radical (unpaired) electrons. The van der Waals surface area contributed by atoms with E-state index in [0.717, 1.165) is 18.6 Å². The number of carboxylic acids is 1. The summed E-state index contributed by atoms with van der Waals surface area (Å²) >= 11 is 2.95. The molecule has 2 N–H and O–H groups in total. The molecule has 2 heterocycles. The minimum atomic E-state index is -0.916. The number of carbonyl (C=O) groups excluding carboxylic acids is 1. The van der Waals surface area contributed by atoms with Crippen LogP contribution in [0.5, 0.6) is 0 Å². The number of thiazole rings is 1. The van der Waals surface area contributed by atoms with Gasteiger partial charge in [0.2, 0.25) is 5.91 Å². The monoisotopic (exact) mass is 286 g/mol. The van der Waals surface area contributed by atoms with E-state index in [9.17, 15) is 9.59 Å². The van der Waals surface area contributed by atoms with Crippen LogP contribution in [-0.2, 0) is 16.0 Å². The van der Waals surface area contributed by atoms with E-state index in [1.807, 2.05) is 0 Å². The predicted molar refractivity (Wildman–Crippen MR) is 72.2 cm³/mol. The summed E-state index contributed by atoms with van der Waals surface area (Å²) in [6.07, 6.45) is 3.07. The van der Waals surface area contributed by atoms with Crippen LogP contribution in [0.3, 0.4) is 0 Å². The van der Waals surface area contributed by atoms with E-state index in [1.54, 1.807) is 17.1 Å². The molecule has 2 rings (SSSR count). The Morgan fingerprint density at radius 1 is 1.50 bits per heavy atom. The number of hydrogen-bond donors (Lipinski definition) is 2. The standard InChI is InChI=1S/C11H14N2O3S2/c14-9(15)5-7-6-18-11(12-7)13-10(16)8-3-1-2-4-17-8/h6,8H,1-5H2,(H,14,15)(H,12,13,16). The largest absolute Gasteiger partial charge is 0.481 e. The normalized spacial score (nSPS) is 19.4. The van der Waals surface area contributed by atoms with Crippen molar-refractivity contribution in [2.75, 3.05) is 11.1 Å². The Labute approximate surface area is 113 Å². The van der Waals surface area contributed by atoms with Crippen molar-refractivity contribution < 1.29 is 14.7 Å². The zero-order valence-corrected chi connectivity index (χ0v) is 11.4. The number of amides is 1. The molecule has 1 aromatic heterocycles. The lowest BCUT2D eigenvalue weighted by molar-refractivity contribution is -0.136. The van der Waals surface area contributed by atoms with Gasteiger partial charge in [0.05, 0.1) is 17.4 Å². The second-order valence-corrected chi connectivity index (χ2v) is 6.23. The molecule has 98 valence electrons. The van der Waals surface area contributed by atoms with Crippen molar-refractivity contribution in [1.29, 1.82) is 0 Å². The molecule has 7 heteroatoms. The highest BCUT2D eigenvalue weighted by atomic mass is 32.2. The van der Waals surface area contributed by atoms with E-state index in [0.29, 0.717) is 10.8 Å². The SMILES string of the molecule is O=C(O)Cc1csc(NC(=O)C2CCCCS2)n1. The third-order valence-corrected chi connectivity index (χ3v) is 4.77. The minimum Gasteiger partial charge on any atom is -0.481 e. The second kappa shape index (κ2) is 6.19. The molecular formula is C11H14N2O3S2. The maximum Gasteiger partial charge on any atom is 0.309 e. The summed E-state index contributed by atoms with van der Waals surface area (Å²) < 4.78 is 0. The number of hydrogen-bond acceptors (Lipinski definition) is 5. The van der Waals surface area contributed by atoms with Gasteiger partial charge in [-0.1, -0.05) is 6.42 Å². The first-order valence-electron chi connectivity index (χ1n) is 5.74. The number of rotatable bonds is 4. The lowest BCUT2D eigenvalue weighted by Gasteiger charge is -2.19. The molecule has 1 aliphatic heterocycles. The van der Waals surface area contributed by atoms with Crippen LogP contribution in [0.15, 0.2) is 5.38 Å². The summed E-state index contributed by atoms with van der Waals surface area (Å²) in [5, 5.41) is 13.6. The summed E-state index contributed by atoms with van der Waals surface area (Å²) in [5.41, 5.74) is 0.485. The highest BCUT2D eigenvalue weighted by Gasteiger charge is 2.22. The van der Waals surface area contributed by atoms with E-state index < -0.39 is 5.97 Å². The van der Waals surface area contributed by atoms with Gasteiger partial charge in [-0.15, -0.1) is 23.1 Å². The van der Waals surface area contributed by atoms with Crippen molar-refractivity contribution in [3.8, 4) is 0 Å². The first-order chi connectivity index (χ1) is 8.65. The summed E-state index contributed by atoms with van der Waals surface area (Å²) in [4.78, 5) is 26.5. The Bertz CT molecular complexity index is 441. The summed E-state index contributed by atoms with van der Waals surface area (Å²) in [6, 6.07) is 0. The molecule has 1 unspecified atom stereocenters. The third-order valence-electron chi connectivity index (χ3n) is 2.59. The van der Waals surface area contributed by atoms with Crippen molar-refractivity contribution in [3.63, 3.8) is 0 Å². The molecule has 0 aliphatic carbocycles. The van der Waals surface area contributed by atoms with Crippen LogP contribution in [0.25, 0.3) is 0 Å². The molecule has 0 saturated carbocycles. The Hall–Kier alpha value is -1.08. The molecule has 1 amide bonds. The topological polar surface area (TPSA) is 79.3 Å². The van der Waals surface area contributed by atoms with Crippen LogP contribution in [0.2, 0.25) is 0 Å². The predicted octanol–water partition coefficient (Wildman–Crippen LogP) is 1.99. The van der Waals surface area contributed by atoms with Crippen molar-refractivity contribution in [2.45, 2.75) is 30.9 Å². The first-order valence-corrected chi connectivity index (χ1v) is 7.66. The molecule has 1 aromatic rings. The maximum atomic E-state index is 11.9. The molecule has 1 fully saturated rings. The van der Waals surface area contributed by atoms with Gasteiger partial charge in [-0.25, -0.2) is 4.98 Å². The van der Waals surface area contributed by atoms with Gasteiger partial charge < -0.3 is 10.4 Å². The van der Waals surface area contributed by atoms with Crippen LogP contribution >= 0.6 is 23.1 Å². The van der Waals surface area contributed by atoms with Gasteiger partial charge >= 0.3 is 5.97 Å². The molecule has 0 spiro atoms. The Morgan fingerprint density at radius 2 is 2.33 bits per heavy atom. The lowest BCUT2D eigenvalue weighted by Crippen LogP contribution is -2.27. The summed E-state index contributed by atoms with van der Waals surface area (Å²) in [5.74, 6) is 0.0946. The fourth-order valence-corrected chi connectivity index (χ4v) is 3.65. The number of anilines is 1. The van der Waals surface area contributed by atoms with Crippen LogP contribution < -0.4 is 5.32 Å². The van der Waals surface area contributed by atoms with Gasteiger partial charge in [-0.05, 0) is 18.6 Å². The fourth-order valence-electron chi connectivity index (χ4n) is 1.73. The van der Waals surface area contributed by atoms with Crippen LogP contribution in [0.1, 0.15) is 25.0 Å². The smallest absolute Gasteiger partial charge is 0.309 e. The molecular weight excluding hydrogens is 272 g/mol. The van der Waals surface area contributed by atoms with Crippen molar-refractivity contribution >= 4 is 40.1 Å². The number of nitrogens with one attached hydrogen (secondary N) is 1. The van der Waals surface area contributed by atoms with E-state index in [2.05, 4.69) is 10.3 Å². The van der Waals surface area contributed by atoms with Crippen molar-refractivity contribution in [1.82, 2.24) is 4.98 Å². The molecule has 5 nitrogen and oxygen atoms in total. The minimum absolute atomic E-state index is 0.00516. The number of thioether (sulfide) groups is 1. The molecule has 1 atom stereocenters. The summed E-state index contributed by atoms with van der Waals surface area (Å²) in [6.45, 7) is 0. The molecule has 1 aliphatic rings. The number of aliphatic carboxylic acids is 1. The first kappa shape index (κ1) is 13.4. The molecule has 1 saturated heterocycles. The zero-order chi connectivity index (χ0) is 13.0. The van der Waals surface area contributed by atoms with Gasteiger partial charge in [0.25, 0.3) is 0 Å². The van der Waals surface area contributed by atoms with Gasteiger partial charge in [0.1, 0.15) is 0 Å². The molecule has 0 bridgehead atoms. The maximum absolute atomic E-state index is 11.9. The molecule has 18 heavy (non-hydrogen) atoms.